The molecule has 0 spiro atoms. The van der Waals surface area contributed by atoms with Crippen LogP contribution >= 0.6 is 0 Å². The Balaban J connectivity index is 2.29. The molecule has 1 atom stereocenters. The van der Waals surface area contributed by atoms with Crippen molar-refractivity contribution in [3.05, 3.63) is 35.6 Å². The summed E-state index contributed by atoms with van der Waals surface area (Å²) < 4.78 is 10.8. The number of hydrogen-bond acceptors (Lipinski definition) is 4. The lowest BCUT2D eigenvalue weighted by atomic mass is 10.1. The molecule has 1 aromatic carbocycles. The molecular weight excluding hydrogens is 298 g/mol. The van der Waals surface area contributed by atoms with Crippen molar-refractivity contribution in [3.63, 3.8) is 0 Å². The van der Waals surface area contributed by atoms with Gasteiger partial charge in [0.25, 0.3) is 5.91 Å². The quantitative estimate of drug-likeness (QED) is 0.781. The molecule has 0 unspecified atom stereocenters. The third-order valence-electron chi connectivity index (χ3n) is 3.64. The van der Waals surface area contributed by atoms with Crippen molar-refractivity contribution >= 4 is 22.8 Å². The highest BCUT2D eigenvalue weighted by atomic mass is 16.5. The Morgan fingerprint density at radius 3 is 2.74 bits per heavy atom. The highest BCUT2D eigenvalue weighted by molar-refractivity contribution is 6.00. The molecular formula is C17H21NO5. The fraction of sp³-hybridized carbons (Fsp3) is 0.412. The highest BCUT2D eigenvalue weighted by Crippen LogP contribution is 2.26. The molecule has 2 rings (SSSR count). The van der Waals surface area contributed by atoms with Crippen LogP contribution in [0.15, 0.2) is 28.7 Å². The molecule has 0 aliphatic rings. The van der Waals surface area contributed by atoms with E-state index in [1.165, 1.54) is 7.11 Å². The summed E-state index contributed by atoms with van der Waals surface area (Å²) in [5.74, 6) is -1.47. The number of methoxy groups -OCH3 is 1. The third-order valence-corrected chi connectivity index (χ3v) is 3.64. The van der Waals surface area contributed by atoms with E-state index in [4.69, 9.17) is 9.15 Å². The van der Waals surface area contributed by atoms with Crippen LogP contribution in [0.2, 0.25) is 0 Å². The summed E-state index contributed by atoms with van der Waals surface area (Å²) in [6, 6.07) is 6.34. The Bertz CT molecular complexity index is 691. The lowest BCUT2D eigenvalue weighted by Gasteiger charge is -2.13. The van der Waals surface area contributed by atoms with Gasteiger partial charge in [0.2, 0.25) is 0 Å². The highest BCUT2D eigenvalue weighted by Gasteiger charge is 2.25. The van der Waals surface area contributed by atoms with Gasteiger partial charge in [-0.25, -0.2) is 4.79 Å². The van der Waals surface area contributed by atoms with E-state index in [0.29, 0.717) is 17.6 Å². The SMILES string of the molecule is CCCC[C@H](NC(=O)c1oc2ccccc2c1COC)C(=O)O. The molecule has 2 N–H and O–H groups in total. The summed E-state index contributed by atoms with van der Waals surface area (Å²) in [6.45, 7) is 2.18. The minimum atomic E-state index is -1.05. The molecule has 6 nitrogen and oxygen atoms in total. The lowest BCUT2D eigenvalue weighted by Crippen LogP contribution is -2.40. The predicted octanol–water partition coefficient (Wildman–Crippen LogP) is 2.95. The maximum Gasteiger partial charge on any atom is 0.326 e. The normalized spacial score (nSPS) is 12.3. The second kappa shape index (κ2) is 7.78. The van der Waals surface area contributed by atoms with Gasteiger partial charge in [-0.15, -0.1) is 0 Å². The number of nitrogens with one attached hydrogen (secondary N) is 1. The van der Waals surface area contributed by atoms with E-state index in [-0.39, 0.29) is 12.4 Å². The second-order valence-electron chi connectivity index (χ2n) is 5.35. The summed E-state index contributed by atoms with van der Waals surface area (Å²) in [4.78, 5) is 23.7. The van der Waals surface area contributed by atoms with Gasteiger partial charge in [-0.1, -0.05) is 38.0 Å². The van der Waals surface area contributed by atoms with Gasteiger partial charge in [0, 0.05) is 18.1 Å². The standard InChI is InChI=1S/C17H21NO5/c1-3-4-8-13(17(20)21)18-16(19)15-12(10-22-2)11-7-5-6-9-14(11)23-15/h5-7,9,13H,3-4,8,10H2,1-2H3,(H,18,19)(H,20,21)/t13-/m0/s1. The van der Waals surface area contributed by atoms with E-state index < -0.39 is 17.9 Å². The van der Waals surface area contributed by atoms with Gasteiger partial charge in [0.05, 0.1) is 6.61 Å². The number of rotatable bonds is 8. The summed E-state index contributed by atoms with van der Waals surface area (Å²) in [5, 5.41) is 12.6. The molecule has 0 aliphatic heterocycles. The van der Waals surface area contributed by atoms with Gasteiger partial charge in [-0.3, -0.25) is 4.79 Å². The number of carbonyl (C=O) groups excluding carboxylic acids is 1. The molecule has 124 valence electrons. The number of benzene rings is 1. The second-order valence-corrected chi connectivity index (χ2v) is 5.35. The summed E-state index contributed by atoms with van der Waals surface area (Å²) in [7, 11) is 1.53. The first-order chi connectivity index (χ1) is 11.1. The number of carboxylic acids is 1. The zero-order chi connectivity index (χ0) is 16.8. The molecule has 0 fully saturated rings. The van der Waals surface area contributed by atoms with Crippen LogP contribution in [0, 0.1) is 0 Å². The third kappa shape index (κ3) is 3.90. The van der Waals surface area contributed by atoms with Crippen LogP contribution in [0.5, 0.6) is 0 Å². The largest absolute Gasteiger partial charge is 0.480 e. The van der Waals surface area contributed by atoms with Crippen molar-refractivity contribution in [1.82, 2.24) is 5.32 Å². The van der Waals surface area contributed by atoms with E-state index in [1.807, 2.05) is 25.1 Å². The minimum absolute atomic E-state index is 0.107. The summed E-state index contributed by atoms with van der Waals surface area (Å²) in [5.41, 5.74) is 1.20. The maximum atomic E-state index is 12.5. The molecule has 0 bridgehead atoms. The van der Waals surface area contributed by atoms with Crippen molar-refractivity contribution in [2.75, 3.05) is 7.11 Å². The van der Waals surface area contributed by atoms with Crippen molar-refractivity contribution in [2.45, 2.75) is 38.8 Å². The molecule has 6 heteroatoms. The van der Waals surface area contributed by atoms with Crippen LogP contribution in [-0.2, 0) is 16.1 Å². The Hall–Kier alpha value is -2.34. The molecule has 1 aromatic heterocycles. The molecule has 2 aromatic rings. The monoisotopic (exact) mass is 319 g/mol. The average Bonchev–Trinajstić information content (AvgIpc) is 2.90. The topological polar surface area (TPSA) is 88.8 Å². The number of para-hydroxylation sites is 1. The molecule has 23 heavy (non-hydrogen) atoms. The number of carbonyl (C=O) groups is 2. The first kappa shape index (κ1) is 17.0. The van der Waals surface area contributed by atoms with Gasteiger partial charge in [-0.2, -0.15) is 0 Å². The van der Waals surface area contributed by atoms with Gasteiger partial charge in [0.1, 0.15) is 11.6 Å². The van der Waals surface area contributed by atoms with Crippen LogP contribution in [0.1, 0.15) is 42.3 Å². The van der Waals surface area contributed by atoms with E-state index >= 15 is 0 Å². The van der Waals surface area contributed by atoms with E-state index in [2.05, 4.69) is 5.32 Å². The maximum absolute atomic E-state index is 12.5. The van der Waals surface area contributed by atoms with Crippen molar-refractivity contribution in [3.8, 4) is 0 Å². The Kier molecular flexibility index (Phi) is 5.76. The summed E-state index contributed by atoms with van der Waals surface area (Å²) in [6.07, 6.45) is 1.97. The number of carboxylic acid groups (broad SMARTS) is 1. The van der Waals surface area contributed by atoms with Crippen LogP contribution in [0.4, 0.5) is 0 Å². The van der Waals surface area contributed by atoms with E-state index in [9.17, 15) is 14.7 Å². The van der Waals surface area contributed by atoms with Crippen LogP contribution in [0.3, 0.4) is 0 Å². The van der Waals surface area contributed by atoms with Gasteiger partial charge < -0.3 is 19.6 Å². The van der Waals surface area contributed by atoms with E-state index in [0.717, 1.165) is 18.2 Å². The Morgan fingerprint density at radius 2 is 2.09 bits per heavy atom. The number of ether oxygens (including phenoxy) is 1. The van der Waals surface area contributed by atoms with Crippen molar-refractivity contribution < 1.29 is 23.8 Å². The number of amides is 1. The van der Waals surface area contributed by atoms with E-state index in [1.54, 1.807) is 6.07 Å². The molecule has 0 radical (unpaired) electrons. The minimum Gasteiger partial charge on any atom is -0.480 e. The van der Waals surface area contributed by atoms with Crippen LogP contribution in [0.25, 0.3) is 11.0 Å². The molecule has 0 aliphatic carbocycles. The average molecular weight is 319 g/mol. The van der Waals surface area contributed by atoms with Crippen molar-refractivity contribution in [2.24, 2.45) is 0 Å². The Morgan fingerprint density at radius 1 is 1.35 bits per heavy atom. The molecule has 1 heterocycles. The fourth-order valence-corrected chi connectivity index (χ4v) is 2.46. The van der Waals surface area contributed by atoms with Crippen LogP contribution < -0.4 is 5.32 Å². The molecule has 0 saturated heterocycles. The van der Waals surface area contributed by atoms with Crippen molar-refractivity contribution in [1.29, 1.82) is 0 Å². The zero-order valence-corrected chi connectivity index (χ0v) is 13.3. The predicted molar refractivity (Wildman–Crippen MR) is 85.3 cm³/mol. The number of furan rings is 1. The zero-order valence-electron chi connectivity index (χ0n) is 13.3. The number of hydrogen-bond donors (Lipinski definition) is 2. The van der Waals surface area contributed by atoms with Gasteiger partial charge in [-0.05, 0) is 12.5 Å². The smallest absolute Gasteiger partial charge is 0.326 e. The molecule has 1 amide bonds. The summed E-state index contributed by atoms with van der Waals surface area (Å²) >= 11 is 0. The van der Waals surface area contributed by atoms with Gasteiger partial charge in [0.15, 0.2) is 5.76 Å². The first-order valence-corrected chi connectivity index (χ1v) is 7.61. The number of aliphatic carboxylic acids is 1. The Labute approximate surface area is 134 Å². The molecule has 0 saturated carbocycles. The number of unbranched alkanes of at least 4 members (excludes halogenated alkanes) is 1. The fourth-order valence-electron chi connectivity index (χ4n) is 2.46. The number of fused-ring (bicyclic) bond motifs is 1. The first-order valence-electron chi connectivity index (χ1n) is 7.61. The van der Waals surface area contributed by atoms with Crippen LogP contribution in [-0.4, -0.2) is 30.1 Å². The van der Waals surface area contributed by atoms with Gasteiger partial charge >= 0.3 is 5.97 Å². The lowest BCUT2D eigenvalue weighted by molar-refractivity contribution is -0.139.